The van der Waals surface area contributed by atoms with Crippen molar-refractivity contribution in [3.8, 4) is 0 Å². The van der Waals surface area contributed by atoms with Crippen molar-refractivity contribution in [1.29, 1.82) is 0 Å². The van der Waals surface area contributed by atoms with E-state index in [2.05, 4.69) is 0 Å². The van der Waals surface area contributed by atoms with Crippen LogP contribution in [-0.2, 0) is 14.2 Å². The molecule has 2 aliphatic heterocycles. The van der Waals surface area contributed by atoms with Crippen LogP contribution >= 0.6 is 0 Å². The zero-order valence-corrected chi connectivity index (χ0v) is 6.62. The molecule has 0 saturated carbocycles. The highest BCUT2D eigenvalue weighted by Gasteiger charge is 2.24. The summed E-state index contributed by atoms with van der Waals surface area (Å²) < 4.78 is 15.9. The summed E-state index contributed by atoms with van der Waals surface area (Å²) in [5.41, 5.74) is 0. The van der Waals surface area contributed by atoms with E-state index in [1.54, 1.807) is 0 Å². The van der Waals surface area contributed by atoms with Gasteiger partial charge in [0.25, 0.3) is 0 Å². The average molecular weight is 158 g/mol. The molecule has 0 aromatic carbocycles. The van der Waals surface area contributed by atoms with E-state index < -0.39 is 0 Å². The highest BCUT2D eigenvalue weighted by atomic mass is 16.6. The third-order valence-corrected chi connectivity index (χ3v) is 2.09. The summed E-state index contributed by atoms with van der Waals surface area (Å²) in [7, 11) is 0. The van der Waals surface area contributed by atoms with Crippen molar-refractivity contribution >= 4 is 0 Å². The Hall–Kier alpha value is -0.120. The molecule has 0 aromatic heterocycles. The maximum atomic E-state index is 5.60. The van der Waals surface area contributed by atoms with Crippen LogP contribution in [0.15, 0.2) is 0 Å². The summed E-state index contributed by atoms with van der Waals surface area (Å²) in [4.78, 5) is 0. The quantitative estimate of drug-likeness (QED) is 0.563. The Bertz CT molecular complexity index is 117. The van der Waals surface area contributed by atoms with Crippen LogP contribution in [0.25, 0.3) is 0 Å². The maximum absolute atomic E-state index is 5.60. The number of hydrogen-bond donors (Lipinski definition) is 0. The minimum atomic E-state index is 0.401. The van der Waals surface area contributed by atoms with Gasteiger partial charge in [0.15, 0.2) is 0 Å². The molecule has 2 rings (SSSR count). The van der Waals surface area contributed by atoms with Crippen LogP contribution in [-0.4, -0.2) is 38.6 Å². The van der Waals surface area contributed by atoms with Crippen LogP contribution in [0.3, 0.4) is 0 Å². The third-order valence-electron chi connectivity index (χ3n) is 2.09. The Morgan fingerprint density at radius 3 is 2.64 bits per heavy atom. The van der Waals surface area contributed by atoms with Crippen molar-refractivity contribution in [2.45, 2.75) is 25.0 Å². The van der Waals surface area contributed by atoms with Crippen molar-refractivity contribution in [1.82, 2.24) is 0 Å². The van der Waals surface area contributed by atoms with Gasteiger partial charge in [-0.05, 0) is 12.8 Å². The van der Waals surface area contributed by atoms with Crippen molar-refractivity contribution < 1.29 is 14.2 Å². The fourth-order valence-corrected chi connectivity index (χ4v) is 1.25. The smallest absolute Gasteiger partial charge is 0.104 e. The summed E-state index contributed by atoms with van der Waals surface area (Å²) in [5.74, 6) is 0. The van der Waals surface area contributed by atoms with Crippen LogP contribution < -0.4 is 0 Å². The minimum absolute atomic E-state index is 0.401. The van der Waals surface area contributed by atoms with Crippen molar-refractivity contribution in [2.24, 2.45) is 0 Å². The van der Waals surface area contributed by atoms with Crippen LogP contribution in [0.2, 0.25) is 0 Å². The topological polar surface area (TPSA) is 31.0 Å². The molecule has 2 saturated heterocycles. The second-order valence-corrected chi connectivity index (χ2v) is 3.10. The zero-order chi connectivity index (χ0) is 7.52. The van der Waals surface area contributed by atoms with E-state index in [1.165, 1.54) is 0 Å². The summed E-state index contributed by atoms with van der Waals surface area (Å²) in [6.45, 7) is 3.39. The highest BCUT2D eigenvalue weighted by Crippen LogP contribution is 2.15. The Morgan fingerprint density at radius 1 is 1.27 bits per heavy atom. The Labute approximate surface area is 66.6 Å². The van der Waals surface area contributed by atoms with Crippen LogP contribution in [0.1, 0.15) is 12.8 Å². The number of ether oxygens (including phenoxy) is 3. The zero-order valence-electron chi connectivity index (χ0n) is 6.62. The van der Waals surface area contributed by atoms with Gasteiger partial charge in [-0.15, -0.1) is 0 Å². The monoisotopic (exact) mass is 158 g/mol. The second-order valence-electron chi connectivity index (χ2n) is 3.10. The predicted molar refractivity (Wildman–Crippen MR) is 39.5 cm³/mol. The number of epoxide rings is 1. The standard InChI is InChI=1S/C8H14O3/c1-3-9-4-2-7(1)10-5-8-6-11-8/h7-8H,1-6H2/t8-/m0/s1. The van der Waals surface area contributed by atoms with Crippen LogP contribution in [0.4, 0.5) is 0 Å². The van der Waals surface area contributed by atoms with Crippen LogP contribution in [0, 0.1) is 0 Å². The summed E-state index contributed by atoms with van der Waals surface area (Å²) >= 11 is 0. The molecular weight excluding hydrogens is 144 g/mol. The van der Waals surface area contributed by atoms with E-state index in [-0.39, 0.29) is 0 Å². The summed E-state index contributed by atoms with van der Waals surface area (Å²) in [5, 5.41) is 0. The van der Waals surface area contributed by atoms with Gasteiger partial charge >= 0.3 is 0 Å². The molecule has 2 fully saturated rings. The van der Waals surface area contributed by atoms with Gasteiger partial charge in [-0.3, -0.25) is 0 Å². The lowest BCUT2D eigenvalue weighted by molar-refractivity contribution is -0.0357. The van der Waals surface area contributed by atoms with E-state index in [9.17, 15) is 0 Å². The molecule has 64 valence electrons. The molecular formula is C8H14O3. The van der Waals surface area contributed by atoms with E-state index >= 15 is 0 Å². The summed E-state index contributed by atoms with van der Waals surface area (Å²) in [6.07, 6.45) is 2.92. The Kier molecular flexibility index (Phi) is 2.41. The SMILES string of the molecule is C1CC(OC[C@H]2CO2)CCO1. The molecule has 3 nitrogen and oxygen atoms in total. The van der Waals surface area contributed by atoms with E-state index in [1.807, 2.05) is 0 Å². The van der Waals surface area contributed by atoms with E-state index in [4.69, 9.17) is 14.2 Å². The fourth-order valence-electron chi connectivity index (χ4n) is 1.25. The fraction of sp³-hybridized carbons (Fsp3) is 1.00. The first-order valence-corrected chi connectivity index (χ1v) is 4.26. The van der Waals surface area contributed by atoms with Crippen molar-refractivity contribution in [3.05, 3.63) is 0 Å². The van der Waals surface area contributed by atoms with Crippen molar-refractivity contribution in [3.63, 3.8) is 0 Å². The molecule has 0 aromatic rings. The first kappa shape index (κ1) is 7.53. The molecule has 0 spiro atoms. The Morgan fingerprint density at radius 2 is 2.00 bits per heavy atom. The molecule has 2 aliphatic rings. The van der Waals surface area contributed by atoms with Gasteiger partial charge in [-0.2, -0.15) is 0 Å². The molecule has 11 heavy (non-hydrogen) atoms. The first-order chi connectivity index (χ1) is 5.45. The van der Waals surface area contributed by atoms with Gasteiger partial charge in [0.2, 0.25) is 0 Å². The molecule has 0 N–H and O–H groups in total. The molecule has 0 unspecified atom stereocenters. The molecule has 1 atom stereocenters. The van der Waals surface area contributed by atoms with Gasteiger partial charge < -0.3 is 14.2 Å². The first-order valence-electron chi connectivity index (χ1n) is 4.26. The lowest BCUT2D eigenvalue weighted by atomic mass is 10.1. The third kappa shape index (κ3) is 2.43. The largest absolute Gasteiger partial charge is 0.381 e. The minimum Gasteiger partial charge on any atom is -0.381 e. The maximum Gasteiger partial charge on any atom is 0.104 e. The highest BCUT2D eigenvalue weighted by molar-refractivity contribution is 4.70. The average Bonchev–Trinajstić information content (AvgIpc) is 2.86. The van der Waals surface area contributed by atoms with Gasteiger partial charge in [0.1, 0.15) is 6.10 Å². The van der Waals surface area contributed by atoms with Crippen molar-refractivity contribution in [2.75, 3.05) is 26.4 Å². The van der Waals surface area contributed by atoms with Crippen LogP contribution in [0.5, 0.6) is 0 Å². The van der Waals surface area contributed by atoms with Gasteiger partial charge in [0.05, 0.1) is 19.3 Å². The molecule has 0 aliphatic carbocycles. The molecule has 3 heteroatoms. The van der Waals surface area contributed by atoms with Gasteiger partial charge in [-0.25, -0.2) is 0 Å². The van der Waals surface area contributed by atoms with Gasteiger partial charge in [-0.1, -0.05) is 0 Å². The Balaban J connectivity index is 1.59. The lowest BCUT2D eigenvalue weighted by Crippen LogP contribution is -2.24. The number of rotatable bonds is 3. The molecule has 0 bridgehead atoms. The molecule has 2 heterocycles. The van der Waals surface area contributed by atoms with E-state index in [0.29, 0.717) is 12.2 Å². The molecule has 0 radical (unpaired) electrons. The van der Waals surface area contributed by atoms with Gasteiger partial charge in [0, 0.05) is 13.2 Å². The molecule has 0 amide bonds. The lowest BCUT2D eigenvalue weighted by Gasteiger charge is -2.21. The predicted octanol–water partition coefficient (Wildman–Crippen LogP) is 0.581. The second kappa shape index (κ2) is 3.52. The van der Waals surface area contributed by atoms with E-state index in [0.717, 1.165) is 39.3 Å². The summed E-state index contributed by atoms with van der Waals surface area (Å²) in [6, 6.07) is 0. The number of hydrogen-bond acceptors (Lipinski definition) is 3. The normalized spacial score (nSPS) is 32.2.